The van der Waals surface area contributed by atoms with E-state index >= 15 is 0 Å². The van der Waals surface area contributed by atoms with Crippen molar-refractivity contribution in [3.8, 4) is 0 Å². The van der Waals surface area contributed by atoms with Gasteiger partial charge in [0.25, 0.3) is 40.5 Å². The van der Waals surface area contributed by atoms with E-state index in [9.17, 15) is 61.8 Å². The van der Waals surface area contributed by atoms with Gasteiger partial charge in [0.1, 0.15) is 0 Å². The van der Waals surface area contributed by atoms with Gasteiger partial charge in [0.15, 0.2) is 0 Å². The Morgan fingerprint density at radius 2 is 1.03 bits per heavy atom. The molecule has 0 atom stereocenters. The van der Waals surface area contributed by atoms with E-state index in [2.05, 4.69) is 0 Å². The molecular formula is C44H39IN2O14S4. The summed E-state index contributed by atoms with van der Waals surface area (Å²) in [7, 11) is -18.6. The first kappa shape index (κ1) is 47.6. The Bertz CT molecular complexity index is 3420. The van der Waals surface area contributed by atoms with Gasteiger partial charge in [-0.1, -0.05) is 70.2 Å². The highest BCUT2D eigenvalue weighted by Crippen LogP contribution is 2.52. The molecule has 0 aromatic heterocycles. The molecule has 0 fully saturated rings. The Morgan fingerprint density at radius 1 is 0.569 bits per heavy atom. The Balaban J connectivity index is 1.45. The largest absolute Gasteiger partial charge is 0.478 e. The highest BCUT2D eigenvalue weighted by Gasteiger charge is 2.42. The minimum Gasteiger partial charge on any atom is -0.478 e. The van der Waals surface area contributed by atoms with E-state index in [0.29, 0.717) is 45.0 Å². The number of allylic oxidation sites excluding steroid dienone is 6. The zero-order valence-electron chi connectivity index (χ0n) is 34.5. The van der Waals surface area contributed by atoms with Crippen molar-refractivity contribution in [1.82, 2.24) is 0 Å². The van der Waals surface area contributed by atoms with Gasteiger partial charge in [0, 0.05) is 46.7 Å². The summed E-state index contributed by atoms with van der Waals surface area (Å²) in [6.45, 7) is 7.29. The number of fused-ring (bicyclic) bond motifs is 2. The Labute approximate surface area is 386 Å². The Kier molecular flexibility index (Phi) is 12.3. The molecule has 0 saturated carbocycles. The molecule has 5 aromatic carbocycles. The van der Waals surface area contributed by atoms with Crippen LogP contribution in [0.2, 0.25) is 0 Å². The molecule has 0 radical (unpaired) electrons. The number of hydrogen-bond donors (Lipinski definition) is 5. The van der Waals surface area contributed by atoms with Gasteiger partial charge in [-0.05, 0) is 113 Å². The second-order valence-electron chi connectivity index (χ2n) is 15.9. The van der Waals surface area contributed by atoms with E-state index in [1.165, 1.54) is 84.9 Å². The van der Waals surface area contributed by atoms with Crippen molar-refractivity contribution in [2.75, 3.05) is 8.01 Å². The van der Waals surface area contributed by atoms with Gasteiger partial charge in [0.2, 0.25) is 0 Å². The maximum absolute atomic E-state index is 12.4. The Hall–Kier alpha value is -5.37. The zero-order chi connectivity index (χ0) is 47.7. The molecule has 16 nitrogen and oxygen atoms in total. The number of aromatic carboxylic acids is 1. The summed E-state index contributed by atoms with van der Waals surface area (Å²) in [4.78, 5) is 12.0. The molecule has 2 aliphatic rings. The third-order valence-corrected chi connectivity index (χ3v) is 18.2. The third-order valence-electron chi connectivity index (χ3n) is 11.0. The molecule has 65 heavy (non-hydrogen) atoms. The molecule has 5 aromatic rings. The van der Waals surface area contributed by atoms with Crippen molar-refractivity contribution in [2.45, 2.75) is 58.1 Å². The third kappa shape index (κ3) is 9.51. The number of carboxylic acid groups (broad SMARTS) is 1. The fourth-order valence-electron chi connectivity index (χ4n) is 7.56. The highest BCUT2D eigenvalue weighted by molar-refractivity contribution is 14.2. The van der Waals surface area contributed by atoms with E-state index < -0.39 is 83.2 Å². The zero-order valence-corrected chi connectivity index (χ0v) is 39.9. The van der Waals surface area contributed by atoms with E-state index in [1.54, 1.807) is 61.2 Å². The summed E-state index contributed by atoms with van der Waals surface area (Å²) in [5.41, 5.74) is 2.08. The van der Waals surface area contributed by atoms with Gasteiger partial charge < -0.3 is 10.0 Å². The van der Waals surface area contributed by atoms with Gasteiger partial charge in [-0.3, -0.25) is 21.3 Å². The lowest BCUT2D eigenvalue weighted by Crippen LogP contribution is -2.33. The number of nitrogens with zero attached hydrogens (tertiary/aromatic N) is 2. The normalized spacial score (nSPS) is 17.1. The van der Waals surface area contributed by atoms with E-state index in [0.717, 1.165) is 3.51 Å². The standard InChI is InChI=1S/C44H39IN2O14S4/c1-43(2)37-26-35(65(59,60)61)18-20-39(37)47(31-8-6-10-33(24-31)63(53,54)55)45-40(43)21-15-28(27-11-13-29(14-12-27)42(48)49)16-22-41-44(3,4)36-25-34(64(56,57)58)17-19-38(36)46(41)30-7-5-9-32(23-30)62(50,51)52/h5-26H,1-4H3,(H,48,49)(H,50,51,52)(H,53,54,55)(H,56,57,58)(H,59,60,61)/b21-15+,28-16-,41-22+. The molecule has 0 unspecified atom stereocenters. The number of anilines is 4. The van der Waals surface area contributed by atoms with Gasteiger partial charge in [-0.15, -0.1) is 0 Å². The van der Waals surface area contributed by atoms with Crippen LogP contribution in [0.3, 0.4) is 0 Å². The van der Waals surface area contributed by atoms with Gasteiger partial charge >= 0.3 is 5.97 Å². The molecule has 21 heteroatoms. The van der Waals surface area contributed by atoms with Crippen molar-refractivity contribution in [2.24, 2.45) is 0 Å². The lowest BCUT2D eigenvalue weighted by atomic mass is 9.80. The molecule has 2 heterocycles. The van der Waals surface area contributed by atoms with Crippen molar-refractivity contribution >= 4 is 99.3 Å². The second kappa shape index (κ2) is 16.8. The molecule has 0 aliphatic carbocycles. The van der Waals surface area contributed by atoms with E-state index in [4.69, 9.17) is 0 Å². The number of carbonyl (C=O) groups is 1. The van der Waals surface area contributed by atoms with Crippen molar-refractivity contribution in [1.29, 1.82) is 0 Å². The molecular weight excluding hydrogens is 1040 g/mol. The topological polar surface area (TPSA) is 261 Å². The smallest absolute Gasteiger partial charge is 0.335 e. The van der Waals surface area contributed by atoms with Gasteiger partial charge in [-0.2, -0.15) is 33.7 Å². The summed E-state index contributed by atoms with van der Waals surface area (Å²) in [5, 5.41) is 9.69. The lowest BCUT2D eigenvalue weighted by Gasteiger charge is -2.38. The summed E-state index contributed by atoms with van der Waals surface area (Å²) in [6.07, 6.45) is 6.99. The number of halogens is 1. The maximum Gasteiger partial charge on any atom is 0.335 e. The van der Waals surface area contributed by atoms with Crippen LogP contribution in [0.15, 0.2) is 159 Å². The monoisotopic (exact) mass is 1070 g/mol. The average Bonchev–Trinajstić information content (AvgIpc) is 3.45. The van der Waals surface area contributed by atoms with E-state index in [-0.39, 0.29) is 25.9 Å². The average molecular weight is 1070 g/mol. The van der Waals surface area contributed by atoms with Crippen LogP contribution >= 0.6 is 21.0 Å². The molecule has 0 saturated heterocycles. The fraction of sp³-hybridized carbons (Fsp3) is 0.136. The number of benzene rings is 5. The lowest BCUT2D eigenvalue weighted by molar-refractivity contribution is 0.0696. The molecule has 2 aliphatic heterocycles. The fourth-order valence-corrected chi connectivity index (χ4v) is 12.6. The maximum atomic E-state index is 12.4. The second-order valence-corrected chi connectivity index (χ2v) is 24.2. The van der Waals surface area contributed by atoms with Crippen LogP contribution in [-0.2, 0) is 51.3 Å². The van der Waals surface area contributed by atoms with Crippen LogP contribution in [0.5, 0.6) is 0 Å². The number of carboxylic acids is 1. The summed E-state index contributed by atoms with van der Waals surface area (Å²) in [6, 6.07) is 25.1. The van der Waals surface area contributed by atoms with Crippen LogP contribution in [0.4, 0.5) is 22.7 Å². The summed E-state index contributed by atoms with van der Waals surface area (Å²) < 4.78 is 141. The van der Waals surface area contributed by atoms with Crippen LogP contribution in [0, 0.1) is 0 Å². The van der Waals surface area contributed by atoms with Gasteiger partial charge in [-0.25, -0.2) is 4.79 Å². The van der Waals surface area contributed by atoms with E-state index in [1.807, 2.05) is 23.0 Å². The first-order valence-corrected chi connectivity index (χ1v) is 26.8. The minimum absolute atomic E-state index is 0.00464. The van der Waals surface area contributed by atoms with Crippen molar-refractivity contribution in [3.63, 3.8) is 0 Å². The van der Waals surface area contributed by atoms with Crippen LogP contribution < -0.4 is 8.01 Å². The summed E-state index contributed by atoms with van der Waals surface area (Å²) in [5.74, 6) is -1.16. The molecule has 0 bridgehead atoms. The van der Waals surface area contributed by atoms with Crippen LogP contribution in [-0.4, -0.2) is 66.5 Å². The quantitative estimate of drug-likeness (QED) is 0.0359. The first-order chi connectivity index (χ1) is 30.1. The Morgan fingerprint density at radius 3 is 1.55 bits per heavy atom. The number of rotatable bonds is 11. The van der Waals surface area contributed by atoms with Crippen molar-refractivity contribution < 1.29 is 61.8 Å². The predicted molar refractivity (Wildman–Crippen MR) is 253 cm³/mol. The molecule has 340 valence electrons. The minimum atomic E-state index is -4.67. The molecule has 0 amide bonds. The molecule has 7 rings (SSSR count). The molecule has 5 N–H and O–H groups in total. The SMILES string of the molecule is CC1(C)C(/C=C/C(=C/C=C2/N(c3cccc(S(=O)(=O)O)c3)c3ccc(S(=O)(=O)O)cc3C2(C)C)c2ccc(C(=O)O)cc2)=IN(c2cccc(S(=O)(=O)O)c2)c2ccc(S(=O)(=O)O)cc21. The van der Waals surface area contributed by atoms with Crippen LogP contribution in [0.25, 0.3) is 5.57 Å². The predicted octanol–water partition coefficient (Wildman–Crippen LogP) is 8.51. The first-order valence-electron chi connectivity index (χ1n) is 19.0. The molecule has 0 spiro atoms. The van der Waals surface area contributed by atoms with Crippen molar-refractivity contribution in [3.05, 3.63) is 161 Å². The van der Waals surface area contributed by atoms with Crippen LogP contribution in [0.1, 0.15) is 54.7 Å². The number of hydrogen-bond acceptors (Lipinski definition) is 11. The summed E-state index contributed by atoms with van der Waals surface area (Å²) >= 11 is -1.30. The van der Waals surface area contributed by atoms with Gasteiger partial charge in [0.05, 0.1) is 42.2 Å². The highest BCUT2D eigenvalue weighted by atomic mass is 127.